The number of thioether (sulfide) groups is 1. The van der Waals surface area contributed by atoms with E-state index in [0.29, 0.717) is 17.9 Å². The fourth-order valence-corrected chi connectivity index (χ4v) is 4.77. The van der Waals surface area contributed by atoms with Gasteiger partial charge in [-0.3, -0.25) is 0 Å². The lowest BCUT2D eigenvalue weighted by Crippen LogP contribution is -2.11. The molecule has 2 aromatic carbocycles. The van der Waals surface area contributed by atoms with Crippen molar-refractivity contribution in [3.05, 3.63) is 59.0 Å². The van der Waals surface area contributed by atoms with E-state index in [1.54, 1.807) is 28.8 Å². The van der Waals surface area contributed by atoms with Crippen molar-refractivity contribution in [3.8, 4) is 5.75 Å². The molecule has 0 saturated heterocycles. The summed E-state index contributed by atoms with van der Waals surface area (Å²) in [4.78, 5) is 12.7. The van der Waals surface area contributed by atoms with Crippen molar-refractivity contribution in [2.45, 2.75) is 30.0 Å². The van der Waals surface area contributed by atoms with Gasteiger partial charge in [0.15, 0.2) is 0 Å². The van der Waals surface area contributed by atoms with Gasteiger partial charge in [0, 0.05) is 27.6 Å². The molecule has 2 N–H and O–H groups in total. The van der Waals surface area contributed by atoms with Crippen LogP contribution in [0, 0.1) is 5.82 Å². The Bertz CT molecular complexity index is 994. The van der Waals surface area contributed by atoms with Crippen LogP contribution in [0.3, 0.4) is 0 Å². The monoisotopic (exact) mass is 357 g/mol. The topological polar surface area (TPSA) is 62.5 Å². The number of aromatic nitrogens is 1. The Kier molecular flexibility index (Phi) is 3.72. The lowest BCUT2D eigenvalue weighted by Gasteiger charge is -2.19. The molecule has 2 heterocycles. The summed E-state index contributed by atoms with van der Waals surface area (Å²) in [5.74, 6) is -1.12. The fraction of sp³-hybridized carbons (Fsp3) is 0.211. The Hall–Kier alpha value is -2.47. The molecule has 1 unspecified atom stereocenters. The average molecular weight is 357 g/mol. The third-order valence-corrected chi connectivity index (χ3v) is 5.74. The number of halogens is 1. The number of phenolic OH excluding ortho intramolecular Hbond substituents is 1. The van der Waals surface area contributed by atoms with Gasteiger partial charge < -0.3 is 14.8 Å². The van der Waals surface area contributed by atoms with Crippen LogP contribution in [0.25, 0.3) is 10.9 Å². The largest absolute Gasteiger partial charge is 0.508 e. The second-order valence-corrected chi connectivity index (χ2v) is 7.73. The van der Waals surface area contributed by atoms with Crippen LogP contribution >= 0.6 is 11.8 Å². The number of carbonyl (C=O) groups is 1. The molecule has 0 aliphatic carbocycles. The summed E-state index contributed by atoms with van der Waals surface area (Å²) in [5.41, 5.74) is 2.63. The average Bonchev–Trinajstić information content (AvgIpc) is 2.87. The summed E-state index contributed by atoms with van der Waals surface area (Å²) in [5, 5.41) is 21.1. The molecule has 0 saturated carbocycles. The predicted molar refractivity (Wildman–Crippen MR) is 95.1 cm³/mol. The molecule has 3 aromatic rings. The minimum atomic E-state index is -1.000. The van der Waals surface area contributed by atoms with Crippen LogP contribution in [0.2, 0.25) is 0 Å². The van der Waals surface area contributed by atoms with Crippen molar-refractivity contribution in [2.75, 3.05) is 0 Å². The number of nitrogens with zero attached hydrogens (tertiary/aromatic N) is 1. The number of rotatable bonds is 3. The summed E-state index contributed by atoms with van der Waals surface area (Å²) < 4.78 is 14.9. The zero-order valence-corrected chi connectivity index (χ0v) is 14.3. The van der Waals surface area contributed by atoms with Gasteiger partial charge in [0.2, 0.25) is 0 Å². The first-order valence-corrected chi connectivity index (χ1v) is 8.85. The molecule has 0 bridgehead atoms. The number of phenols is 1. The number of carboxylic acids is 1. The Morgan fingerprint density at radius 1 is 1.28 bits per heavy atom. The zero-order chi connectivity index (χ0) is 17.7. The third kappa shape index (κ3) is 2.57. The predicted octanol–water partition coefficient (Wildman–Crippen LogP) is 4.27. The van der Waals surface area contributed by atoms with Gasteiger partial charge in [0.05, 0.1) is 5.52 Å². The second-order valence-electron chi connectivity index (χ2n) is 6.29. The van der Waals surface area contributed by atoms with Crippen LogP contribution in [-0.2, 0) is 13.0 Å². The van der Waals surface area contributed by atoms with E-state index in [2.05, 4.69) is 0 Å². The number of carboxylic acid groups (broad SMARTS) is 1. The van der Waals surface area contributed by atoms with Crippen LogP contribution in [0.5, 0.6) is 5.75 Å². The molecule has 0 fully saturated rings. The van der Waals surface area contributed by atoms with E-state index in [0.717, 1.165) is 22.0 Å². The van der Waals surface area contributed by atoms with Crippen molar-refractivity contribution in [1.82, 2.24) is 4.57 Å². The van der Waals surface area contributed by atoms with Gasteiger partial charge in [0.1, 0.15) is 17.3 Å². The summed E-state index contributed by atoms with van der Waals surface area (Å²) in [7, 11) is 0. The van der Waals surface area contributed by atoms with Gasteiger partial charge in [-0.2, -0.15) is 0 Å². The lowest BCUT2D eigenvalue weighted by molar-refractivity contribution is 0.0682. The number of aromatic hydroxyl groups is 1. The van der Waals surface area contributed by atoms with Gasteiger partial charge in [-0.05, 0) is 36.2 Å². The first kappa shape index (κ1) is 16.0. The summed E-state index contributed by atoms with van der Waals surface area (Å²) in [6, 6.07) is 9.43. The molecule has 0 radical (unpaired) electrons. The Labute approximate surface area is 147 Å². The van der Waals surface area contributed by atoms with Crippen molar-refractivity contribution in [1.29, 1.82) is 0 Å². The van der Waals surface area contributed by atoms with E-state index in [9.17, 15) is 19.4 Å². The molecule has 4 nitrogen and oxygen atoms in total. The minimum absolute atomic E-state index is 0.184. The smallest absolute Gasteiger partial charge is 0.353 e. The van der Waals surface area contributed by atoms with Crippen molar-refractivity contribution < 1.29 is 19.4 Å². The number of hydrogen-bond acceptors (Lipinski definition) is 3. The molecule has 1 atom stereocenters. The summed E-state index contributed by atoms with van der Waals surface area (Å²) in [6.45, 7) is 2.35. The third-order valence-electron chi connectivity index (χ3n) is 4.54. The van der Waals surface area contributed by atoms with Crippen molar-refractivity contribution in [3.63, 3.8) is 0 Å². The number of benzene rings is 2. The van der Waals surface area contributed by atoms with Crippen LogP contribution in [0.1, 0.15) is 28.5 Å². The van der Waals surface area contributed by atoms with Gasteiger partial charge in [-0.25, -0.2) is 9.18 Å². The molecule has 1 aromatic heterocycles. The maximum Gasteiger partial charge on any atom is 0.353 e. The molecule has 1 aliphatic heterocycles. The van der Waals surface area contributed by atoms with E-state index < -0.39 is 5.97 Å². The maximum atomic E-state index is 13.2. The second kappa shape index (κ2) is 5.81. The van der Waals surface area contributed by atoms with Crippen molar-refractivity contribution in [2.24, 2.45) is 0 Å². The van der Waals surface area contributed by atoms with E-state index in [4.69, 9.17) is 0 Å². The van der Waals surface area contributed by atoms with Gasteiger partial charge in [0.25, 0.3) is 0 Å². The standard InChI is InChI=1S/C19H16FNO3S/c1-10-8-13-15(22)7-6-14-16(13)18(25-10)17(19(23)24)21(14)9-11-2-4-12(20)5-3-11/h2-7,10,22H,8-9H2,1H3,(H,23,24). The molecule has 25 heavy (non-hydrogen) atoms. The molecule has 128 valence electrons. The maximum absolute atomic E-state index is 13.2. The summed E-state index contributed by atoms with van der Waals surface area (Å²) >= 11 is 1.53. The van der Waals surface area contributed by atoms with Crippen LogP contribution in [-0.4, -0.2) is 26.0 Å². The van der Waals surface area contributed by atoms with E-state index >= 15 is 0 Å². The highest BCUT2D eigenvalue weighted by atomic mass is 32.2. The van der Waals surface area contributed by atoms with Gasteiger partial charge in [-0.15, -0.1) is 11.8 Å². The van der Waals surface area contributed by atoms with E-state index in [-0.39, 0.29) is 22.5 Å². The lowest BCUT2D eigenvalue weighted by atomic mass is 10.0. The molecule has 4 rings (SSSR count). The molecule has 1 aliphatic rings. The van der Waals surface area contributed by atoms with Gasteiger partial charge >= 0.3 is 5.97 Å². The van der Waals surface area contributed by atoms with Crippen LogP contribution < -0.4 is 0 Å². The van der Waals surface area contributed by atoms with Crippen LogP contribution in [0.15, 0.2) is 41.3 Å². The van der Waals surface area contributed by atoms with Gasteiger partial charge in [-0.1, -0.05) is 19.1 Å². The quantitative estimate of drug-likeness (QED) is 0.735. The summed E-state index contributed by atoms with van der Waals surface area (Å²) in [6.07, 6.45) is 0.695. The SMILES string of the molecule is CC1Cc2c(O)ccc3c2c(c(C(=O)O)n3Cc2ccc(F)cc2)S1. The Morgan fingerprint density at radius 3 is 2.68 bits per heavy atom. The molecule has 0 amide bonds. The van der Waals surface area contributed by atoms with Crippen LogP contribution in [0.4, 0.5) is 4.39 Å². The minimum Gasteiger partial charge on any atom is -0.508 e. The number of hydrogen-bond donors (Lipinski definition) is 2. The highest BCUT2D eigenvalue weighted by Crippen LogP contribution is 2.46. The molecular weight excluding hydrogens is 341 g/mol. The highest BCUT2D eigenvalue weighted by Gasteiger charge is 2.30. The fourth-order valence-electron chi connectivity index (χ4n) is 3.47. The molecule has 6 heteroatoms. The van der Waals surface area contributed by atoms with Crippen molar-refractivity contribution >= 4 is 28.6 Å². The first-order chi connectivity index (χ1) is 12.0. The molecule has 0 spiro atoms. The first-order valence-electron chi connectivity index (χ1n) is 7.97. The Balaban J connectivity index is 1.98. The van der Waals surface area contributed by atoms with E-state index in [1.807, 2.05) is 6.92 Å². The van der Waals surface area contributed by atoms with E-state index in [1.165, 1.54) is 23.9 Å². The normalized spacial score (nSPS) is 16.3. The highest BCUT2D eigenvalue weighted by molar-refractivity contribution is 8.00. The molecular formula is C19H16FNO3S. The Morgan fingerprint density at radius 2 is 2.00 bits per heavy atom. The zero-order valence-electron chi connectivity index (χ0n) is 13.5. The number of aromatic carboxylic acids is 1.